The van der Waals surface area contributed by atoms with E-state index in [-0.39, 0.29) is 6.61 Å². The van der Waals surface area contributed by atoms with Crippen LogP contribution in [0.3, 0.4) is 0 Å². The number of rotatable bonds is 6. The number of anilines is 1. The molecule has 0 bridgehead atoms. The molecule has 4 nitrogen and oxygen atoms in total. The third-order valence-corrected chi connectivity index (χ3v) is 2.72. The molecule has 1 N–H and O–H groups in total. The van der Waals surface area contributed by atoms with Crippen LogP contribution in [0.5, 0.6) is 0 Å². The molecule has 0 spiro atoms. The van der Waals surface area contributed by atoms with Crippen LogP contribution in [-0.4, -0.2) is 35.3 Å². The molecule has 1 aromatic heterocycles. The van der Waals surface area contributed by atoms with Crippen molar-refractivity contribution in [3.63, 3.8) is 0 Å². The lowest BCUT2D eigenvalue weighted by Crippen LogP contribution is -2.20. The molecule has 84 valence electrons. The van der Waals surface area contributed by atoms with E-state index in [9.17, 15) is 0 Å². The molecular weight excluding hydrogens is 258 g/mol. The van der Waals surface area contributed by atoms with Crippen molar-refractivity contribution in [2.75, 3.05) is 25.1 Å². The zero-order chi connectivity index (χ0) is 11.1. The fourth-order valence-corrected chi connectivity index (χ4v) is 1.85. The highest BCUT2D eigenvalue weighted by Crippen LogP contribution is 2.20. The first-order valence-electron chi connectivity index (χ1n) is 5.03. The Morgan fingerprint density at radius 2 is 2.20 bits per heavy atom. The maximum atomic E-state index is 8.65. The highest BCUT2D eigenvalue weighted by molar-refractivity contribution is 9.10. The molecule has 0 unspecified atom stereocenters. The quantitative estimate of drug-likeness (QED) is 0.804. The lowest BCUT2D eigenvalue weighted by atomic mass is 10.2. The van der Waals surface area contributed by atoms with E-state index in [1.807, 2.05) is 7.05 Å². The van der Waals surface area contributed by atoms with Crippen molar-refractivity contribution in [1.82, 2.24) is 9.97 Å². The van der Waals surface area contributed by atoms with E-state index in [0.717, 1.165) is 36.1 Å². The van der Waals surface area contributed by atoms with Gasteiger partial charge in [0.15, 0.2) is 0 Å². The van der Waals surface area contributed by atoms with Crippen LogP contribution >= 0.6 is 15.9 Å². The van der Waals surface area contributed by atoms with Crippen LogP contribution in [0.2, 0.25) is 0 Å². The van der Waals surface area contributed by atoms with Gasteiger partial charge in [-0.15, -0.1) is 0 Å². The summed E-state index contributed by atoms with van der Waals surface area (Å²) in [5.74, 6) is 0.911. The minimum Gasteiger partial charge on any atom is -0.396 e. The van der Waals surface area contributed by atoms with Gasteiger partial charge in [-0.2, -0.15) is 0 Å². The van der Waals surface area contributed by atoms with Gasteiger partial charge < -0.3 is 10.0 Å². The maximum Gasteiger partial charge on any atom is 0.146 e. The lowest BCUT2D eigenvalue weighted by Gasteiger charge is -2.18. The number of unbranched alkanes of at least 4 members (excludes halogenated alkanes) is 2. The van der Waals surface area contributed by atoms with Crippen molar-refractivity contribution < 1.29 is 5.11 Å². The zero-order valence-corrected chi connectivity index (χ0v) is 10.4. The summed E-state index contributed by atoms with van der Waals surface area (Å²) >= 11 is 3.41. The van der Waals surface area contributed by atoms with Gasteiger partial charge in [0.25, 0.3) is 0 Å². The van der Waals surface area contributed by atoms with Gasteiger partial charge in [-0.05, 0) is 35.2 Å². The van der Waals surface area contributed by atoms with Gasteiger partial charge in [-0.25, -0.2) is 9.97 Å². The second-order valence-electron chi connectivity index (χ2n) is 3.40. The number of aliphatic hydroxyl groups is 1. The Morgan fingerprint density at radius 1 is 1.40 bits per heavy atom. The first-order chi connectivity index (χ1) is 7.25. The molecule has 0 fully saturated rings. The van der Waals surface area contributed by atoms with Crippen LogP contribution < -0.4 is 4.90 Å². The van der Waals surface area contributed by atoms with Crippen LogP contribution in [-0.2, 0) is 0 Å². The molecule has 15 heavy (non-hydrogen) atoms. The van der Waals surface area contributed by atoms with E-state index in [1.54, 1.807) is 12.5 Å². The van der Waals surface area contributed by atoms with Crippen molar-refractivity contribution in [3.05, 3.63) is 17.0 Å². The van der Waals surface area contributed by atoms with Crippen molar-refractivity contribution >= 4 is 21.7 Å². The van der Waals surface area contributed by atoms with Crippen LogP contribution in [0.15, 0.2) is 17.0 Å². The van der Waals surface area contributed by atoms with Crippen molar-refractivity contribution in [1.29, 1.82) is 0 Å². The molecule has 1 heterocycles. The Morgan fingerprint density at radius 3 is 2.87 bits per heavy atom. The average Bonchev–Trinajstić information content (AvgIpc) is 2.25. The summed E-state index contributed by atoms with van der Waals surface area (Å²) in [4.78, 5) is 10.2. The van der Waals surface area contributed by atoms with Gasteiger partial charge in [-0.3, -0.25) is 0 Å². The number of nitrogens with zero attached hydrogens (tertiary/aromatic N) is 3. The minimum atomic E-state index is 0.279. The van der Waals surface area contributed by atoms with E-state index < -0.39 is 0 Å². The first-order valence-corrected chi connectivity index (χ1v) is 5.82. The Labute approximate surface area is 98.5 Å². The van der Waals surface area contributed by atoms with Gasteiger partial charge in [0, 0.05) is 26.4 Å². The average molecular weight is 274 g/mol. The SMILES string of the molecule is CN(CCCCCO)c1ncncc1Br. The minimum absolute atomic E-state index is 0.279. The Hall–Kier alpha value is -0.680. The van der Waals surface area contributed by atoms with Gasteiger partial charge in [-0.1, -0.05) is 0 Å². The predicted octanol–water partition coefficient (Wildman–Crippen LogP) is 1.84. The fourth-order valence-electron chi connectivity index (χ4n) is 1.33. The maximum absolute atomic E-state index is 8.65. The van der Waals surface area contributed by atoms with Gasteiger partial charge in [0.05, 0.1) is 4.47 Å². The van der Waals surface area contributed by atoms with Crippen molar-refractivity contribution in [2.24, 2.45) is 0 Å². The summed E-state index contributed by atoms with van der Waals surface area (Å²) in [6, 6.07) is 0. The van der Waals surface area contributed by atoms with Gasteiger partial charge in [0.2, 0.25) is 0 Å². The number of aromatic nitrogens is 2. The molecule has 0 aliphatic heterocycles. The first kappa shape index (κ1) is 12.4. The molecular formula is C10H16BrN3O. The van der Waals surface area contributed by atoms with E-state index in [0.29, 0.717) is 0 Å². The normalized spacial score (nSPS) is 10.3. The van der Waals surface area contributed by atoms with Crippen molar-refractivity contribution in [2.45, 2.75) is 19.3 Å². The highest BCUT2D eigenvalue weighted by Gasteiger charge is 2.05. The van der Waals surface area contributed by atoms with Crippen LogP contribution in [0.4, 0.5) is 5.82 Å². The summed E-state index contributed by atoms with van der Waals surface area (Å²) in [7, 11) is 2.01. The van der Waals surface area contributed by atoms with Crippen LogP contribution in [0.1, 0.15) is 19.3 Å². The number of hydrogen-bond donors (Lipinski definition) is 1. The van der Waals surface area contributed by atoms with Crippen LogP contribution in [0.25, 0.3) is 0 Å². The largest absolute Gasteiger partial charge is 0.396 e. The molecule has 0 amide bonds. The van der Waals surface area contributed by atoms with Gasteiger partial charge in [0.1, 0.15) is 12.1 Å². The van der Waals surface area contributed by atoms with E-state index in [1.165, 1.54) is 0 Å². The second-order valence-corrected chi connectivity index (χ2v) is 4.25. The number of halogens is 1. The molecule has 0 atom stereocenters. The smallest absolute Gasteiger partial charge is 0.146 e. The Balaban J connectivity index is 2.40. The number of aliphatic hydroxyl groups excluding tert-OH is 1. The molecule has 1 rings (SSSR count). The Bertz CT molecular complexity index is 296. The summed E-state index contributed by atoms with van der Waals surface area (Å²) in [5, 5.41) is 8.65. The monoisotopic (exact) mass is 273 g/mol. The van der Waals surface area contributed by atoms with E-state index in [4.69, 9.17) is 5.11 Å². The summed E-state index contributed by atoms with van der Waals surface area (Å²) < 4.78 is 0.912. The highest BCUT2D eigenvalue weighted by atomic mass is 79.9. The third-order valence-electron chi connectivity index (χ3n) is 2.16. The summed E-state index contributed by atoms with van der Waals surface area (Å²) in [5.41, 5.74) is 0. The van der Waals surface area contributed by atoms with Gasteiger partial charge >= 0.3 is 0 Å². The Kier molecular flexibility index (Phi) is 5.57. The molecule has 0 aliphatic carbocycles. The molecule has 0 radical (unpaired) electrons. The van der Waals surface area contributed by atoms with E-state index in [2.05, 4.69) is 30.8 Å². The summed E-state index contributed by atoms with van der Waals surface area (Å²) in [6.45, 7) is 1.22. The fraction of sp³-hybridized carbons (Fsp3) is 0.600. The topological polar surface area (TPSA) is 49.2 Å². The van der Waals surface area contributed by atoms with E-state index >= 15 is 0 Å². The molecule has 5 heteroatoms. The molecule has 1 aromatic rings. The van der Waals surface area contributed by atoms with Crippen LogP contribution in [0, 0.1) is 0 Å². The third kappa shape index (κ3) is 4.13. The zero-order valence-electron chi connectivity index (χ0n) is 8.86. The molecule has 0 saturated carbocycles. The molecule has 0 saturated heterocycles. The predicted molar refractivity (Wildman–Crippen MR) is 63.9 cm³/mol. The molecule has 0 aliphatic rings. The summed E-state index contributed by atoms with van der Waals surface area (Å²) in [6.07, 6.45) is 6.27. The second kappa shape index (κ2) is 6.74. The standard InChI is InChI=1S/C10H16BrN3O/c1-14(5-3-2-4-6-15)10-9(11)7-12-8-13-10/h7-8,15H,2-6H2,1H3. The molecule has 0 aromatic carbocycles. The van der Waals surface area contributed by atoms with Crippen molar-refractivity contribution in [3.8, 4) is 0 Å². The lowest BCUT2D eigenvalue weighted by molar-refractivity contribution is 0.283. The number of hydrogen-bond acceptors (Lipinski definition) is 4.